The van der Waals surface area contributed by atoms with Crippen molar-refractivity contribution in [1.82, 2.24) is 14.8 Å². The number of carbonyl (C=O) groups is 2. The number of carbonyl (C=O) groups excluding carboxylic acids is 1. The predicted molar refractivity (Wildman–Crippen MR) is 129 cm³/mol. The fraction of sp³-hybridized carbons (Fsp3) is 0.458. The largest absolute Gasteiger partial charge is 0.465 e. The van der Waals surface area contributed by atoms with E-state index in [9.17, 15) is 14.7 Å². The number of aromatic nitrogens is 1. The minimum Gasteiger partial charge on any atom is -0.465 e. The van der Waals surface area contributed by atoms with Crippen molar-refractivity contribution >= 4 is 41.0 Å². The average molecular weight is 509 g/mol. The lowest BCUT2D eigenvalue weighted by Crippen LogP contribution is -2.49. The van der Waals surface area contributed by atoms with Crippen LogP contribution in [0.5, 0.6) is 0 Å². The van der Waals surface area contributed by atoms with Gasteiger partial charge in [-0.3, -0.25) is 4.79 Å². The molecule has 2 fully saturated rings. The summed E-state index contributed by atoms with van der Waals surface area (Å²) in [6, 6.07) is 10.2. The van der Waals surface area contributed by atoms with Gasteiger partial charge in [0.25, 0.3) is 0 Å². The number of hydrogen-bond acceptors (Lipinski definition) is 4. The summed E-state index contributed by atoms with van der Waals surface area (Å²) in [7, 11) is 0. The second kappa shape index (κ2) is 10.4. The van der Waals surface area contributed by atoms with E-state index in [1.165, 1.54) is 4.90 Å². The molecule has 4 rings (SSSR count). The number of hydrogen-bond donors (Lipinski definition) is 1. The molecule has 0 spiro atoms. The smallest absolute Gasteiger partial charge is 0.407 e. The summed E-state index contributed by atoms with van der Waals surface area (Å²) in [5, 5.41) is 10.5. The molecule has 2 saturated heterocycles. The van der Waals surface area contributed by atoms with Gasteiger partial charge in [0.15, 0.2) is 0 Å². The molecule has 0 bridgehead atoms. The maximum Gasteiger partial charge on any atom is 0.407 e. The van der Waals surface area contributed by atoms with Gasteiger partial charge in [0.05, 0.1) is 28.5 Å². The van der Waals surface area contributed by atoms with Gasteiger partial charge in [-0.05, 0) is 43.2 Å². The highest BCUT2D eigenvalue weighted by molar-refractivity contribution is 6.42. The van der Waals surface area contributed by atoms with Crippen LogP contribution in [0, 0.1) is 5.92 Å². The molecule has 0 aliphatic carbocycles. The number of likely N-dealkylation sites (tertiary alicyclic amines) is 1. The lowest BCUT2D eigenvalue weighted by Gasteiger charge is -2.36. The van der Waals surface area contributed by atoms with Crippen molar-refractivity contribution in [2.24, 2.45) is 5.92 Å². The molecule has 1 aromatic heterocycles. The summed E-state index contributed by atoms with van der Waals surface area (Å²) < 4.78 is 15.2. The third kappa shape index (κ3) is 4.93. The van der Waals surface area contributed by atoms with Gasteiger partial charge in [-0.25, -0.2) is 14.2 Å². The van der Waals surface area contributed by atoms with Crippen molar-refractivity contribution in [2.75, 3.05) is 37.6 Å². The van der Waals surface area contributed by atoms with E-state index in [0.717, 1.165) is 5.56 Å². The fourth-order valence-corrected chi connectivity index (χ4v) is 5.34. The van der Waals surface area contributed by atoms with E-state index in [1.807, 2.05) is 17.0 Å². The summed E-state index contributed by atoms with van der Waals surface area (Å²) >= 11 is 12.3. The van der Waals surface area contributed by atoms with Gasteiger partial charge in [-0.2, -0.15) is 0 Å². The molecule has 2 aromatic rings. The molecule has 3 heterocycles. The molecule has 2 aliphatic heterocycles. The van der Waals surface area contributed by atoms with E-state index in [-0.39, 0.29) is 31.5 Å². The first kappa shape index (κ1) is 24.5. The Hall–Kier alpha value is -2.58. The molecule has 182 valence electrons. The van der Waals surface area contributed by atoms with Crippen LogP contribution in [-0.2, 0) is 4.79 Å². The highest BCUT2D eigenvalue weighted by Crippen LogP contribution is 2.36. The van der Waals surface area contributed by atoms with Crippen LogP contribution in [-0.4, -0.2) is 76.8 Å². The number of anilines is 1. The first-order valence-corrected chi connectivity index (χ1v) is 12.1. The van der Waals surface area contributed by atoms with Gasteiger partial charge in [0.2, 0.25) is 5.91 Å². The number of amides is 2. The predicted octanol–water partition coefficient (Wildman–Crippen LogP) is 4.55. The van der Waals surface area contributed by atoms with Crippen LogP contribution < -0.4 is 4.90 Å². The van der Waals surface area contributed by atoms with Crippen LogP contribution in [0.3, 0.4) is 0 Å². The Kier molecular flexibility index (Phi) is 7.48. The molecule has 4 atom stereocenters. The molecule has 34 heavy (non-hydrogen) atoms. The van der Waals surface area contributed by atoms with Crippen molar-refractivity contribution in [1.29, 1.82) is 0 Å². The molecule has 7 nitrogen and oxygen atoms in total. The summed E-state index contributed by atoms with van der Waals surface area (Å²) in [5.41, 5.74) is 0.802. The summed E-state index contributed by atoms with van der Waals surface area (Å²) in [5.74, 6) is -0.645. The maximum absolute atomic E-state index is 15.2. The van der Waals surface area contributed by atoms with E-state index in [2.05, 4.69) is 4.98 Å². The van der Waals surface area contributed by atoms with Gasteiger partial charge >= 0.3 is 6.09 Å². The average Bonchev–Trinajstić information content (AvgIpc) is 3.26. The minimum atomic E-state index is -1.34. The van der Waals surface area contributed by atoms with Gasteiger partial charge in [0.1, 0.15) is 12.0 Å². The van der Waals surface area contributed by atoms with Crippen LogP contribution in [0.1, 0.15) is 24.8 Å². The van der Waals surface area contributed by atoms with E-state index >= 15 is 4.39 Å². The number of likely N-dealkylation sites (N-methyl/N-ethyl adjacent to an activating group) is 1. The van der Waals surface area contributed by atoms with Crippen LogP contribution in [0.2, 0.25) is 10.0 Å². The van der Waals surface area contributed by atoms with Gasteiger partial charge in [0, 0.05) is 38.3 Å². The Morgan fingerprint density at radius 1 is 1.18 bits per heavy atom. The summed E-state index contributed by atoms with van der Waals surface area (Å²) in [6.45, 7) is 3.15. The first-order chi connectivity index (χ1) is 16.3. The Labute approximate surface area is 208 Å². The van der Waals surface area contributed by atoms with Crippen molar-refractivity contribution in [2.45, 2.75) is 31.5 Å². The molecule has 0 saturated carbocycles. The number of alkyl halides is 1. The standard InChI is InChI=1S/C24H27Cl2FN4O3/c1-2-31(24(33)34)21-14-30(12-17(21)15-6-7-18(25)19(26)11-15)23(32)16-8-10-29(13-20(16)27)22-5-3-4-9-28-22/h3-7,9,11,16-17,20-21H,2,8,10,12-14H2,1H3,(H,33,34)/t16?,17-,20?,21+/m0/s1. The second-order valence-electron chi connectivity index (χ2n) is 8.70. The van der Waals surface area contributed by atoms with Crippen molar-refractivity contribution in [3.05, 3.63) is 58.2 Å². The highest BCUT2D eigenvalue weighted by atomic mass is 35.5. The number of carboxylic acid groups (broad SMARTS) is 1. The molecule has 1 aromatic carbocycles. The quantitative estimate of drug-likeness (QED) is 0.640. The van der Waals surface area contributed by atoms with Crippen LogP contribution in [0.4, 0.5) is 15.0 Å². The lowest BCUT2D eigenvalue weighted by molar-refractivity contribution is -0.137. The minimum absolute atomic E-state index is 0.0944. The van der Waals surface area contributed by atoms with Gasteiger partial charge in [-0.1, -0.05) is 35.3 Å². The van der Waals surface area contributed by atoms with Crippen molar-refractivity contribution in [3.8, 4) is 0 Å². The SMILES string of the molecule is CCN(C(=O)O)[C@@H]1CN(C(=O)C2CCN(c3ccccn3)CC2F)C[C@H]1c1ccc(Cl)c(Cl)c1. The third-order valence-corrected chi connectivity index (χ3v) is 7.53. The summed E-state index contributed by atoms with van der Waals surface area (Å²) in [6.07, 6.45) is -0.368. The molecular weight excluding hydrogens is 482 g/mol. The molecule has 1 N–H and O–H groups in total. The maximum atomic E-state index is 15.2. The van der Waals surface area contributed by atoms with E-state index in [0.29, 0.717) is 35.4 Å². The fourth-order valence-electron chi connectivity index (χ4n) is 5.03. The van der Waals surface area contributed by atoms with Crippen molar-refractivity contribution in [3.63, 3.8) is 0 Å². The number of piperidine rings is 1. The topological polar surface area (TPSA) is 77.0 Å². The van der Waals surface area contributed by atoms with Crippen molar-refractivity contribution < 1.29 is 19.1 Å². The summed E-state index contributed by atoms with van der Waals surface area (Å²) in [4.78, 5) is 34.4. The van der Waals surface area contributed by atoms with Gasteiger partial charge < -0.3 is 19.8 Å². The normalized spacial score (nSPS) is 24.8. The Morgan fingerprint density at radius 2 is 1.97 bits per heavy atom. The monoisotopic (exact) mass is 508 g/mol. The zero-order valence-corrected chi connectivity index (χ0v) is 20.3. The number of nitrogens with zero attached hydrogens (tertiary/aromatic N) is 4. The zero-order valence-electron chi connectivity index (χ0n) is 18.8. The molecule has 10 heteroatoms. The number of benzene rings is 1. The Morgan fingerprint density at radius 3 is 2.59 bits per heavy atom. The zero-order chi connectivity index (χ0) is 24.4. The van der Waals surface area contributed by atoms with Crippen LogP contribution in [0.15, 0.2) is 42.6 Å². The van der Waals surface area contributed by atoms with Crippen LogP contribution in [0.25, 0.3) is 0 Å². The third-order valence-electron chi connectivity index (χ3n) is 6.79. The number of halogens is 3. The molecule has 2 aliphatic rings. The second-order valence-corrected chi connectivity index (χ2v) is 9.52. The van der Waals surface area contributed by atoms with Crippen LogP contribution >= 0.6 is 23.2 Å². The first-order valence-electron chi connectivity index (χ1n) is 11.3. The Balaban J connectivity index is 1.52. The highest BCUT2D eigenvalue weighted by Gasteiger charge is 2.45. The van der Waals surface area contributed by atoms with Gasteiger partial charge in [-0.15, -0.1) is 0 Å². The Bertz CT molecular complexity index is 1040. The van der Waals surface area contributed by atoms with E-state index < -0.39 is 24.2 Å². The molecule has 0 radical (unpaired) electrons. The lowest BCUT2D eigenvalue weighted by atomic mass is 9.93. The van der Waals surface area contributed by atoms with E-state index in [4.69, 9.17) is 23.2 Å². The molecule has 2 unspecified atom stereocenters. The molecule has 2 amide bonds. The number of rotatable bonds is 5. The molecular formula is C24H27Cl2FN4O3. The van der Waals surface area contributed by atoms with E-state index in [1.54, 1.807) is 42.3 Å². The number of pyridine rings is 1.